The van der Waals surface area contributed by atoms with Gasteiger partial charge in [0, 0.05) is 18.7 Å². The molecule has 1 aromatic heterocycles. The van der Waals surface area contributed by atoms with Crippen LogP contribution in [0.4, 0.5) is 5.82 Å². The van der Waals surface area contributed by atoms with Gasteiger partial charge in [-0.05, 0) is 29.7 Å². The number of rotatable bonds is 5. The van der Waals surface area contributed by atoms with Crippen LogP contribution in [0.15, 0.2) is 12.1 Å². The molecular weight excluding hydrogens is 272 g/mol. The number of carbonyl (C=O) groups excluding carboxylic acids is 1. The Morgan fingerprint density at radius 2 is 2.26 bits per heavy atom. The van der Waals surface area contributed by atoms with Gasteiger partial charge in [0.2, 0.25) is 0 Å². The van der Waals surface area contributed by atoms with Gasteiger partial charge < -0.3 is 21.2 Å². The number of halogens is 1. The molecule has 1 heterocycles. The van der Waals surface area contributed by atoms with Crippen molar-refractivity contribution in [3.8, 4) is 0 Å². The average Bonchev–Trinajstić information content (AvgIpc) is 3.09. The Labute approximate surface area is 116 Å². The number of nitrogens with two attached hydrogens (primary N) is 1. The van der Waals surface area contributed by atoms with Crippen LogP contribution in [-0.4, -0.2) is 28.0 Å². The number of nitrogens with zero attached hydrogens (tertiary/aromatic N) is 2. The minimum Gasteiger partial charge on any atom is -0.358 e. The van der Waals surface area contributed by atoms with Crippen LogP contribution in [0.1, 0.15) is 23.3 Å². The van der Waals surface area contributed by atoms with Crippen LogP contribution in [0.2, 0.25) is 0 Å². The zero-order valence-corrected chi connectivity index (χ0v) is 11.4. The van der Waals surface area contributed by atoms with Gasteiger partial charge in [-0.3, -0.25) is 4.79 Å². The molecule has 1 aliphatic rings. The first-order chi connectivity index (χ1) is 8.50. The van der Waals surface area contributed by atoms with E-state index in [-0.39, 0.29) is 35.9 Å². The fourth-order valence-electron chi connectivity index (χ4n) is 1.90. The maximum Gasteiger partial charge on any atom is 0.323 e. The molecule has 1 fully saturated rings. The van der Waals surface area contributed by atoms with Crippen molar-refractivity contribution in [2.75, 3.05) is 6.54 Å². The Bertz CT molecular complexity index is 484. The molecule has 0 aliphatic heterocycles. The van der Waals surface area contributed by atoms with Crippen LogP contribution in [0.3, 0.4) is 0 Å². The minimum atomic E-state index is -0.521. The molecule has 0 bridgehead atoms. The van der Waals surface area contributed by atoms with Crippen molar-refractivity contribution in [1.29, 1.82) is 0 Å². The van der Waals surface area contributed by atoms with Crippen LogP contribution in [0, 0.1) is 16.0 Å². The molecule has 1 atom stereocenters. The van der Waals surface area contributed by atoms with Crippen LogP contribution in [0.5, 0.6) is 0 Å². The summed E-state index contributed by atoms with van der Waals surface area (Å²) in [5, 5.41) is 13.4. The summed E-state index contributed by atoms with van der Waals surface area (Å²) in [5.74, 6) is 0.0707. The number of nitrogens with one attached hydrogen (secondary N) is 1. The van der Waals surface area contributed by atoms with Crippen LogP contribution >= 0.6 is 12.4 Å². The number of aromatic nitrogens is 1. The van der Waals surface area contributed by atoms with Gasteiger partial charge in [0.1, 0.15) is 0 Å². The van der Waals surface area contributed by atoms with Gasteiger partial charge in [-0.25, -0.2) is 4.57 Å². The van der Waals surface area contributed by atoms with Crippen molar-refractivity contribution in [2.45, 2.75) is 18.9 Å². The lowest BCUT2D eigenvalue weighted by atomic mass is 10.2. The van der Waals surface area contributed by atoms with E-state index in [1.54, 1.807) is 0 Å². The monoisotopic (exact) mass is 288 g/mol. The van der Waals surface area contributed by atoms with Crippen molar-refractivity contribution in [2.24, 2.45) is 18.7 Å². The lowest BCUT2D eigenvalue weighted by molar-refractivity contribution is -0.391. The predicted octanol–water partition coefficient (Wildman–Crippen LogP) is 0.822. The molecule has 2 rings (SSSR count). The van der Waals surface area contributed by atoms with Crippen LogP contribution < -0.4 is 11.1 Å². The Kier molecular flexibility index (Phi) is 4.90. The molecule has 1 unspecified atom stereocenters. The van der Waals surface area contributed by atoms with Gasteiger partial charge in [-0.1, -0.05) is 0 Å². The number of amides is 1. The molecule has 0 aromatic carbocycles. The zero-order valence-electron chi connectivity index (χ0n) is 10.5. The fraction of sp³-hybridized carbons (Fsp3) is 0.545. The second-order valence-corrected chi connectivity index (χ2v) is 4.60. The van der Waals surface area contributed by atoms with Crippen molar-refractivity contribution >= 4 is 24.1 Å². The summed E-state index contributed by atoms with van der Waals surface area (Å²) < 4.78 is 1.26. The molecule has 0 spiro atoms. The first kappa shape index (κ1) is 15.5. The molecule has 8 heteroatoms. The Balaban J connectivity index is 0.00000180. The number of nitro groups is 1. The summed E-state index contributed by atoms with van der Waals surface area (Å²) in [6.07, 6.45) is 2.24. The van der Waals surface area contributed by atoms with E-state index in [0.29, 0.717) is 12.5 Å². The summed E-state index contributed by atoms with van der Waals surface area (Å²) in [6.45, 7) is 0.405. The van der Waals surface area contributed by atoms with Gasteiger partial charge in [-0.15, -0.1) is 12.4 Å². The Hall–Kier alpha value is -1.60. The first-order valence-electron chi connectivity index (χ1n) is 5.84. The van der Waals surface area contributed by atoms with Gasteiger partial charge >= 0.3 is 5.82 Å². The minimum absolute atomic E-state index is 0. The molecular formula is C11H17ClN4O3. The normalized spacial score (nSPS) is 15.5. The van der Waals surface area contributed by atoms with Crippen molar-refractivity contribution < 1.29 is 9.72 Å². The highest BCUT2D eigenvalue weighted by Crippen LogP contribution is 2.31. The van der Waals surface area contributed by atoms with Gasteiger partial charge in [-0.2, -0.15) is 0 Å². The van der Waals surface area contributed by atoms with Crippen molar-refractivity contribution in [1.82, 2.24) is 9.88 Å². The zero-order chi connectivity index (χ0) is 13.3. The maximum atomic E-state index is 11.8. The Morgan fingerprint density at radius 3 is 2.74 bits per heavy atom. The maximum absolute atomic E-state index is 11.8. The lowest BCUT2D eigenvalue weighted by Gasteiger charge is -2.10. The van der Waals surface area contributed by atoms with E-state index in [0.717, 1.165) is 12.8 Å². The molecule has 1 aliphatic carbocycles. The third-order valence-corrected chi connectivity index (χ3v) is 3.24. The lowest BCUT2D eigenvalue weighted by Crippen LogP contribution is -2.39. The summed E-state index contributed by atoms with van der Waals surface area (Å²) in [6, 6.07) is 2.73. The second-order valence-electron chi connectivity index (χ2n) is 4.60. The number of hydrogen-bond acceptors (Lipinski definition) is 4. The summed E-state index contributed by atoms with van der Waals surface area (Å²) in [7, 11) is 1.49. The molecule has 19 heavy (non-hydrogen) atoms. The van der Waals surface area contributed by atoms with E-state index in [1.807, 2.05) is 0 Å². The summed E-state index contributed by atoms with van der Waals surface area (Å²) >= 11 is 0. The predicted molar refractivity (Wildman–Crippen MR) is 72.3 cm³/mol. The van der Waals surface area contributed by atoms with E-state index < -0.39 is 4.92 Å². The summed E-state index contributed by atoms with van der Waals surface area (Å²) in [4.78, 5) is 22.0. The van der Waals surface area contributed by atoms with Crippen LogP contribution in [-0.2, 0) is 7.05 Å². The second kappa shape index (κ2) is 6.03. The van der Waals surface area contributed by atoms with Crippen molar-refractivity contribution in [3.05, 3.63) is 27.9 Å². The number of carbonyl (C=O) groups is 1. The SMILES string of the molecule is Cl.Cn1c(C(=O)NCC(N)C2CC2)ccc1[N+](=O)[O-]. The third kappa shape index (κ3) is 3.45. The van der Waals surface area contributed by atoms with E-state index in [1.165, 1.54) is 23.7 Å². The topological polar surface area (TPSA) is 103 Å². The van der Waals surface area contributed by atoms with E-state index in [4.69, 9.17) is 5.73 Å². The molecule has 106 valence electrons. The highest BCUT2D eigenvalue weighted by Gasteiger charge is 2.29. The largest absolute Gasteiger partial charge is 0.358 e. The molecule has 1 aromatic rings. The smallest absolute Gasteiger partial charge is 0.323 e. The molecule has 3 N–H and O–H groups in total. The molecule has 7 nitrogen and oxygen atoms in total. The highest BCUT2D eigenvalue weighted by atomic mass is 35.5. The van der Waals surface area contributed by atoms with Crippen molar-refractivity contribution in [3.63, 3.8) is 0 Å². The van der Waals surface area contributed by atoms with E-state index in [9.17, 15) is 14.9 Å². The quantitative estimate of drug-likeness (QED) is 0.618. The average molecular weight is 289 g/mol. The number of hydrogen-bond donors (Lipinski definition) is 2. The molecule has 0 saturated heterocycles. The Morgan fingerprint density at radius 1 is 1.63 bits per heavy atom. The van der Waals surface area contributed by atoms with E-state index >= 15 is 0 Å². The fourth-order valence-corrected chi connectivity index (χ4v) is 1.90. The molecule has 1 amide bonds. The molecule has 0 radical (unpaired) electrons. The van der Waals surface area contributed by atoms with Gasteiger partial charge in [0.05, 0.1) is 7.05 Å². The van der Waals surface area contributed by atoms with Gasteiger partial charge in [0.15, 0.2) is 5.69 Å². The van der Waals surface area contributed by atoms with E-state index in [2.05, 4.69) is 5.32 Å². The first-order valence-corrected chi connectivity index (χ1v) is 5.84. The standard InChI is InChI=1S/C11H16N4O3.ClH/c1-14-9(4-5-10(14)15(17)18)11(16)13-6-8(12)7-2-3-7;/h4-5,7-8H,2-3,6,12H2,1H3,(H,13,16);1H. The third-order valence-electron chi connectivity index (χ3n) is 3.24. The van der Waals surface area contributed by atoms with Gasteiger partial charge in [0.25, 0.3) is 5.91 Å². The molecule has 1 saturated carbocycles. The van der Waals surface area contributed by atoms with Crippen LogP contribution in [0.25, 0.3) is 0 Å². The highest BCUT2D eigenvalue weighted by molar-refractivity contribution is 5.93. The summed E-state index contributed by atoms with van der Waals surface area (Å²) in [5.41, 5.74) is 6.14.